The van der Waals surface area contributed by atoms with Gasteiger partial charge in [-0.3, -0.25) is 0 Å². The van der Waals surface area contributed by atoms with Gasteiger partial charge in [0.05, 0.1) is 6.61 Å². The van der Waals surface area contributed by atoms with Crippen molar-refractivity contribution < 1.29 is 4.74 Å². The highest BCUT2D eigenvalue weighted by Gasteiger charge is 2.40. The average molecular weight is 234 g/mol. The van der Waals surface area contributed by atoms with E-state index in [1.165, 1.54) is 18.4 Å². The highest BCUT2D eigenvalue weighted by Crippen LogP contribution is 2.43. The lowest BCUT2D eigenvalue weighted by Crippen LogP contribution is -2.29. The van der Waals surface area contributed by atoms with Crippen LogP contribution in [0, 0.1) is 5.41 Å². The first kappa shape index (κ1) is 12.4. The highest BCUT2D eigenvalue weighted by molar-refractivity contribution is 5.27. The van der Waals surface area contributed by atoms with Crippen LogP contribution in [0.25, 0.3) is 0 Å². The van der Waals surface area contributed by atoms with Gasteiger partial charge in [0.1, 0.15) is 5.75 Å². The van der Waals surface area contributed by atoms with Crippen LogP contribution < -0.4 is 15.8 Å². The summed E-state index contributed by atoms with van der Waals surface area (Å²) < 4.78 is 5.41. The second-order valence-electron chi connectivity index (χ2n) is 4.88. The zero-order valence-corrected chi connectivity index (χ0v) is 10.5. The summed E-state index contributed by atoms with van der Waals surface area (Å²) in [5, 5.41) is 3.49. The summed E-state index contributed by atoms with van der Waals surface area (Å²) in [7, 11) is 0. The summed E-state index contributed by atoms with van der Waals surface area (Å²) in [4.78, 5) is 0. The Labute approximate surface area is 103 Å². The van der Waals surface area contributed by atoms with E-state index in [0.717, 1.165) is 32.0 Å². The molecule has 0 aromatic heterocycles. The van der Waals surface area contributed by atoms with E-state index in [4.69, 9.17) is 10.5 Å². The predicted octanol–water partition coefficient (Wildman–Crippen LogP) is 1.91. The Balaban J connectivity index is 1.75. The molecule has 3 nitrogen and oxygen atoms in total. The van der Waals surface area contributed by atoms with Gasteiger partial charge in [-0.05, 0) is 49.4 Å². The van der Waals surface area contributed by atoms with Crippen molar-refractivity contribution in [2.24, 2.45) is 11.1 Å². The summed E-state index contributed by atoms with van der Waals surface area (Å²) >= 11 is 0. The van der Waals surface area contributed by atoms with Crippen LogP contribution in [0.3, 0.4) is 0 Å². The lowest BCUT2D eigenvalue weighted by molar-refractivity contribution is 0.340. The fourth-order valence-corrected chi connectivity index (χ4v) is 1.97. The lowest BCUT2D eigenvalue weighted by Gasteiger charge is -2.13. The maximum absolute atomic E-state index is 5.74. The summed E-state index contributed by atoms with van der Waals surface area (Å²) in [5.74, 6) is 0.942. The first-order chi connectivity index (χ1) is 8.28. The second kappa shape index (κ2) is 5.52. The first-order valence-corrected chi connectivity index (χ1v) is 6.40. The van der Waals surface area contributed by atoms with Gasteiger partial charge >= 0.3 is 0 Å². The van der Waals surface area contributed by atoms with E-state index in [1.54, 1.807) is 0 Å². The molecule has 3 N–H and O–H groups in total. The number of hydrogen-bond acceptors (Lipinski definition) is 3. The lowest BCUT2D eigenvalue weighted by atomic mass is 10.1. The van der Waals surface area contributed by atoms with E-state index >= 15 is 0 Å². The minimum absolute atomic E-state index is 0.408. The molecule has 0 saturated heterocycles. The molecule has 17 heavy (non-hydrogen) atoms. The van der Waals surface area contributed by atoms with Crippen LogP contribution in [0.1, 0.15) is 25.3 Å². The van der Waals surface area contributed by atoms with E-state index in [-0.39, 0.29) is 0 Å². The Morgan fingerprint density at radius 3 is 2.53 bits per heavy atom. The molecule has 0 spiro atoms. The normalized spacial score (nSPS) is 16.8. The molecule has 0 aliphatic heterocycles. The van der Waals surface area contributed by atoms with Crippen LogP contribution in [0.4, 0.5) is 0 Å². The fraction of sp³-hybridized carbons (Fsp3) is 0.571. The van der Waals surface area contributed by atoms with E-state index in [1.807, 2.05) is 19.1 Å². The van der Waals surface area contributed by atoms with Crippen LogP contribution in [-0.2, 0) is 6.54 Å². The molecule has 0 amide bonds. The third kappa shape index (κ3) is 3.45. The molecule has 2 rings (SSSR count). The molecule has 1 aromatic carbocycles. The Bertz CT molecular complexity index is 344. The monoisotopic (exact) mass is 234 g/mol. The largest absolute Gasteiger partial charge is 0.494 e. The molecule has 1 saturated carbocycles. The van der Waals surface area contributed by atoms with E-state index < -0.39 is 0 Å². The molecule has 94 valence electrons. The van der Waals surface area contributed by atoms with E-state index in [2.05, 4.69) is 17.4 Å². The summed E-state index contributed by atoms with van der Waals surface area (Å²) in [5.41, 5.74) is 7.45. The van der Waals surface area contributed by atoms with Crippen molar-refractivity contribution in [2.45, 2.75) is 26.3 Å². The minimum atomic E-state index is 0.408. The van der Waals surface area contributed by atoms with Crippen molar-refractivity contribution >= 4 is 0 Å². The Morgan fingerprint density at radius 1 is 1.29 bits per heavy atom. The molecule has 1 fully saturated rings. The number of nitrogens with two attached hydrogens (primary N) is 1. The van der Waals surface area contributed by atoms with Gasteiger partial charge in [0.15, 0.2) is 0 Å². The van der Waals surface area contributed by atoms with Crippen LogP contribution in [0.2, 0.25) is 0 Å². The van der Waals surface area contributed by atoms with Gasteiger partial charge in [-0.25, -0.2) is 0 Å². The minimum Gasteiger partial charge on any atom is -0.494 e. The van der Waals surface area contributed by atoms with Gasteiger partial charge in [0, 0.05) is 13.1 Å². The zero-order chi connectivity index (χ0) is 12.1. The quantitative estimate of drug-likeness (QED) is 0.757. The van der Waals surface area contributed by atoms with E-state index in [0.29, 0.717) is 5.41 Å². The number of ether oxygens (including phenoxy) is 1. The van der Waals surface area contributed by atoms with Gasteiger partial charge in [0.25, 0.3) is 0 Å². The van der Waals surface area contributed by atoms with Gasteiger partial charge < -0.3 is 15.8 Å². The molecule has 1 aromatic rings. The van der Waals surface area contributed by atoms with Crippen molar-refractivity contribution in [1.29, 1.82) is 0 Å². The van der Waals surface area contributed by atoms with Crippen molar-refractivity contribution in [3.8, 4) is 5.75 Å². The number of benzene rings is 1. The van der Waals surface area contributed by atoms with Gasteiger partial charge in [-0.1, -0.05) is 12.1 Å². The standard InChI is InChI=1S/C14H22N2O/c1-2-17-13-5-3-12(4-6-13)9-16-11-14(10-15)7-8-14/h3-6,16H,2,7-11,15H2,1H3. The zero-order valence-electron chi connectivity index (χ0n) is 10.5. The fourth-order valence-electron chi connectivity index (χ4n) is 1.97. The predicted molar refractivity (Wildman–Crippen MR) is 70.0 cm³/mol. The summed E-state index contributed by atoms with van der Waals surface area (Å²) in [6.45, 7) is 5.47. The van der Waals surface area contributed by atoms with Crippen molar-refractivity contribution in [3.05, 3.63) is 29.8 Å². The Kier molecular flexibility index (Phi) is 4.02. The third-order valence-electron chi connectivity index (χ3n) is 3.45. The second-order valence-corrected chi connectivity index (χ2v) is 4.88. The number of hydrogen-bond donors (Lipinski definition) is 2. The average Bonchev–Trinajstić information content (AvgIpc) is 3.13. The molecule has 0 bridgehead atoms. The Morgan fingerprint density at radius 2 is 2.00 bits per heavy atom. The SMILES string of the molecule is CCOc1ccc(CNCC2(CN)CC2)cc1. The molecule has 1 aliphatic carbocycles. The third-order valence-corrected chi connectivity index (χ3v) is 3.45. The highest BCUT2D eigenvalue weighted by atomic mass is 16.5. The maximum atomic E-state index is 5.74. The molecule has 0 heterocycles. The van der Waals surface area contributed by atoms with Gasteiger partial charge in [0.2, 0.25) is 0 Å². The molecular weight excluding hydrogens is 212 g/mol. The van der Waals surface area contributed by atoms with Crippen molar-refractivity contribution in [3.63, 3.8) is 0 Å². The molecule has 0 radical (unpaired) electrons. The first-order valence-electron chi connectivity index (χ1n) is 6.40. The number of rotatable bonds is 7. The topological polar surface area (TPSA) is 47.3 Å². The van der Waals surface area contributed by atoms with Crippen LogP contribution >= 0.6 is 0 Å². The van der Waals surface area contributed by atoms with Gasteiger partial charge in [-0.15, -0.1) is 0 Å². The maximum Gasteiger partial charge on any atom is 0.119 e. The van der Waals surface area contributed by atoms with Crippen molar-refractivity contribution in [1.82, 2.24) is 5.32 Å². The van der Waals surface area contributed by atoms with Crippen LogP contribution in [0.5, 0.6) is 5.75 Å². The van der Waals surface area contributed by atoms with E-state index in [9.17, 15) is 0 Å². The number of nitrogens with one attached hydrogen (secondary N) is 1. The molecule has 0 unspecified atom stereocenters. The molecular formula is C14H22N2O. The van der Waals surface area contributed by atoms with Gasteiger partial charge in [-0.2, -0.15) is 0 Å². The summed E-state index contributed by atoms with van der Waals surface area (Å²) in [6.07, 6.45) is 2.56. The molecule has 3 heteroatoms. The Hall–Kier alpha value is -1.06. The van der Waals surface area contributed by atoms with Crippen molar-refractivity contribution in [2.75, 3.05) is 19.7 Å². The van der Waals surface area contributed by atoms with Crippen LogP contribution in [-0.4, -0.2) is 19.7 Å². The summed E-state index contributed by atoms with van der Waals surface area (Å²) in [6, 6.07) is 8.27. The molecule has 1 aliphatic rings. The van der Waals surface area contributed by atoms with Crippen LogP contribution in [0.15, 0.2) is 24.3 Å². The molecule has 0 atom stereocenters. The smallest absolute Gasteiger partial charge is 0.119 e.